The van der Waals surface area contributed by atoms with E-state index in [2.05, 4.69) is 30.8 Å². The number of carbonyl (C=O) groups excluding carboxylic acids is 1. The van der Waals surface area contributed by atoms with E-state index in [1.807, 2.05) is 12.1 Å². The van der Waals surface area contributed by atoms with Crippen LogP contribution in [0.15, 0.2) is 48.8 Å². The summed E-state index contributed by atoms with van der Waals surface area (Å²) < 4.78 is 17.9. The second-order valence-corrected chi connectivity index (χ2v) is 8.21. The van der Waals surface area contributed by atoms with E-state index in [4.69, 9.17) is 24.2 Å². The number of carbonyl (C=O) groups is 1. The summed E-state index contributed by atoms with van der Waals surface area (Å²) in [5.41, 5.74) is 3.22. The highest BCUT2D eigenvalue weighted by atomic mass is 16.7. The first-order valence-electron chi connectivity index (χ1n) is 11.7. The minimum atomic E-state index is -0.501. The Morgan fingerprint density at radius 3 is 2.35 bits per heavy atom. The lowest BCUT2D eigenvalue weighted by molar-refractivity contribution is -0.112. The molecule has 4 aromatic rings. The molecule has 37 heavy (non-hydrogen) atoms. The summed E-state index contributed by atoms with van der Waals surface area (Å²) in [4.78, 5) is 28.0. The maximum Gasteiger partial charge on any atom is 0.323 e. The van der Waals surface area contributed by atoms with Crippen LogP contribution in [-0.4, -0.2) is 82.8 Å². The summed E-state index contributed by atoms with van der Waals surface area (Å²) in [6, 6.07) is 10.4. The lowest BCUT2D eigenvalue weighted by Crippen LogP contribution is -2.37. The molecule has 2 N–H and O–H groups in total. The first kappa shape index (κ1) is 24.5. The molecule has 3 aromatic heterocycles. The van der Waals surface area contributed by atoms with E-state index in [-0.39, 0.29) is 6.03 Å². The van der Waals surface area contributed by atoms with Crippen LogP contribution in [-0.2, 0) is 20.8 Å². The Labute approximate surface area is 212 Å². The number of rotatable bonds is 8. The quantitative estimate of drug-likeness (QED) is 0.343. The van der Waals surface area contributed by atoms with Crippen LogP contribution in [0.3, 0.4) is 0 Å². The van der Waals surface area contributed by atoms with E-state index in [1.165, 1.54) is 0 Å². The van der Waals surface area contributed by atoms with Crippen molar-refractivity contribution in [2.45, 2.75) is 12.8 Å². The van der Waals surface area contributed by atoms with Gasteiger partial charge in [0.1, 0.15) is 0 Å². The van der Waals surface area contributed by atoms with Gasteiger partial charge in [0.2, 0.25) is 0 Å². The molecule has 0 radical (unpaired) electrons. The number of nitrogens with one attached hydrogen (secondary N) is 2. The number of pyridine rings is 1. The number of hydrogen-bond acceptors (Lipinski definition) is 10. The zero-order chi connectivity index (χ0) is 25.6. The molecule has 5 rings (SSSR count). The molecule has 1 fully saturated rings. The molecular formula is C24H27N9O4. The van der Waals surface area contributed by atoms with Crippen LogP contribution in [0, 0.1) is 0 Å². The van der Waals surface area contributed by atoms with Crippen molar-refractivity contribution in [3.8, 4) is 11.4 Å². The van der Waals surface area contributed by atoms with E-state index >= 15 is 0 Å². The molecule has 1 aliphatic heterocycles. The summed E-state index contributed by atoms with van der Waals surface area (Å²) in [5.74, 6) is 1.21. The molecule has 1 saturated heterocycles. The molecule has 0 atom stereocenters. The molecule has 1 aliphatic rings. The Morgan fingerprint density at radius 2 is 1.68 bits per heavy atom. The molecule has 4 heterocycles. The van der Waals surface area contributed by atoms with Gasteiger partial charge in [-0.05, 0) is 36.4 Å². The van der Waals surface area contributed by atoms with Gasteiger partial charge < -0.3 is 29.7 Å². The number of urea groups is 1. The number of amides is 2. The summed E-state index contributed by atoms with van der Waals surface area (Å²) in [7, 11) is 3.14. The molecular weight excluding hydrogens is 478 g/mol. The summed E-state index contributed by atoms with van der Waals surface area (Å²) in [5, 5.41) is 14.2. The van der Waals surface area contributed by atoms with Gasteiger partial charge in [-0.1, -0.05) is 5.21 Å². The number of anilines is 3. The van der Waals surface area contributed by atoms with Crippen LogP contribution < -0.4 is 15.5 Å². The van der Waals surface area contributed by atoms with Gasteiger partial charge in [0.15, 0.2) is 29.1 Å². The monoisotopic (exact) mass is 505 g/mol. The maximum absolute atomic E-state index is 12.3. The number of nitrogens with zero attached hydrogens (tertiary/aromatic N) is 7. The third kappa shape index (κ3) is 5.63. The van der Waals surface area contributed by atoms with Gasteiger partial charge in [-0.15, -0.1) is 5.10 Å². The topological polar surface area (TPSA) is 141 Å². The van der Waals surface area contributed by atoms with E-state index in [0.29, 0.717) is 67.0 Å². The maximum atomic E-state index is 12.3. The summed E-state index contributed by atoms with van der Waals surface area (Å²) in [6.07, 6.45) is 2.72. The standard InChI is InChI=1S/C24H27N9O4/c1-35-19(36-2)15-33-23-20(30-31-33)22(32-11-13-37-14-12-32)28-21(29-23)16-3-5-17(6-4-16)26-24(34)27-18-7-9-25-10-8-18/h3-10,19H,11-15H2,1-2H3,(H2,25,26,27,34). The van der Waals surface area contributed by atoms with E-state index in [9.17, 15) is 4.79 Å². The van der Waals surface area contributed by atoms with Crippen molar-refractivity contribution in [1.82, 2.24) is 29.9 Å². The third-order valence-electron chi connectivity index (χ3n) is 5.84. The normalized spacial score (nSPS) is 13.8. The molecule has 0 unspecified atom stereocenters. The molecule has 0 bridgehead atoms. The Kier molecular flexibility index (Phi) is 7.44. The zero-order valence-electron chi connectivity index (χ0n) is 20.5. The van der Waals surface area contributed by atoms with Gasteiger partial charge in [0.05, 0.1) is 19.8 Å². The van der Waals surface area contributed by atoms with Gasteiger partial charge in [0.25, 0.3) is 0 Å². The van der Waals surface area contributed by atoms with Crippen molar-refractivity contribution in [2.75, 3.05) is 56.1 Å². The van der Waals surface area contributed by atoms with Crippen molar-refractivity contribution in [3.63, 3.8) is 0 Å². The molecule has 0 spiro atoms. The van der Waals surface area contributed by atoms with Crippen molar-refractivity contribution in [2.24, 2.45) is 0 Å². The molecule has 1 aromatic carbocycles. The van der Waals surface area contributed by atoms with Crippen LogP contribution >= 0.6 is 0 Å². The predicted molar refractivity (Wildman–Crippen MR) is 136 cm³/mol. The van der Waals surface area contributed by atoms with Crippen LogP contribution in [0.5, 0.6) is 0 Å². The number of fused-ring (bicyclic) bond motifs is 1. The molecule has 13 nitrogen and oxygen atoms in total. The number of ether oxygens (including phenoxy) is 3. The Balaban J connectivity index is 1.43. The minimum absolute atomic E-state index is 0.317. The third-order valence-corrected chi connectivity index (χ3v) is 5.84. The first-order valence-corrected chi connectivity index (χ1v) is 11.7. The van der Waals surface area contributed by atoms with E-state index < -0.39 is 6.29 Å². The first-order chi connectivity index (χ1) is 18.1. The van der Waals surface area contributed by atoms with Crippen LogP contribution in [0.1, 0.15) is 0 Å². The lowest BCUT2D eigenvalue weighted by atomic mass is 10.2. The largest absolute Gasteiger partial charge is 0.378 e. The zero-order valence-corrected chi connectivity index (χ0v) is 20.5. The fourth-order valence-corrected chi connectivity index (χ4v) is 3.91. The number of methoxy groups -OCH3 is 2. The average Bonchev–Trinajstić information content (AvgIpc) is 3.35. The Hall–Kier alpha value is -4.20. The lowest BCUT2D eigenvalue weighted by Gasteiger charge is -2.28. The highest BCUT2D eigenvalue weighted by Crippen LogP contribution is 2.27. The fraction of sp³-hybridized carbons (Fsp3) is 0.333. The Morgan fingerprint density at radius 1 is 1.00 bits per heavy atom. The second kappa shape index (κ2) is 11.2. The average molecular weight is 506 g/mol. The fourth-order valence-electron chi connectivity index (χ4n) is 3.91. The highest BCUT2D eigenvalue weighted by molar-refractivity contribution is 5.99. The summed E-state index contributed by atoms with van der Waals surface area (Å²) >= 11 is 0. The Bertz CT molecular complexity index is 1340. The second-order valence-electron chi connectivity index (χ2n) is 8.21. The molecule has 13 heteroatoms. The molecule has 2 amide bonds. The number of aromatic nitrogens is 6. The van der Waals surface area contributed by atoms with Crippen LogP contribution in [0.4, 0.5) is 22.0 Å². The van der Waals surface area contributed by atoms with Crippen molar-refractivity contribution in [3.05, 3.63) is 48.8 Å². The number of hydrogen-bond donors (Lipinski definition) is 2. The highest BCUT2D eigenvalue weighted by Gasteiger charge is 2.23. The molecule has 0 aliphatic carbocycles. The molecule has 192 valence electrons. The number of morpholine rings is 1. The van der Waals surface area contributed by atoms with Gasteiger partial charge in [0, 0.05) is 56.6 Å². The molecule has 0 saturated carbocycles. The van der Waals surface area contributed by atoms with E-state index in [0.717, 1.165) is 5.56 Å². The minimum Gasteiger partial charge on any atom is -0.378 e. The van der Waals surface area contributed by atoms with Gasteiger partial charge in [-0.3, -0.25) is 4.98 Å². The number of benzene rings is 1. The predicted octanol–water partition coefficient (Wildman–Crippen LogP) is 2.38. The summed E-state index contributed by atoms with van der Waals surface area (Å²) in [6.45, 7) is 2.90. The van der Waals surface area contributed by atoms with Gasteiger partial charge >= 0.3 is 6.03 Å². The SMILES string of the molecule is COC(Cn1nnc2c(N3CCOCC3)nc(-c3ccc(NC(=O)Nc4ccncc4)cc3)nc21)OC. The van der Waals surface area contributed by atoms with Crippen molar-refractivity contribution >= 4 is 34.4 Å². The van der Waals surface area contributed by atoms with Gasteiger partial charge in [-0.25, -0.2) is 19.4 Å². The van der Waals surface area contributed by atoms with Crippen molar-refractivity contribution < 1.29 is 19.0 Å². The van der Waals surface area contributed by atoms with E-state index in [1.54, 1.807) is 55.6 Å². The van der Waals surface area contributed by atoms with Crippen LogP contribution in [0.25, 0.3) is 22.6 Å². The van der Waals surface area contributed by atoms with Gasteiger partial charge in [-0.2, -0.15) is 0 Å². The van der Waals surface area contributed by atoms with Crippen LogP contribution in [0.2, 0.25) is 0 Å². The smallest absolute Gasteiger partial charge is 0.323 e. The van der Waals surface area contributed by atoms with Crippen molar-refractivity contribution in [1.29, 1.82) is 0 Å².